The minimum absolute atomic E-state index is 0.00722. The molecule has 0 spiro atoms. The second-order valence-corrected chi connectivity index (χ2v) is 3.12. The number of anilines is 1. The summed E-state index contributed by atoms with van der Waals surface area (Å²) < 4.78 is 42.2. The molecule has 0 atom stereocenters. The summed E-state index contributed by atoms with van der Waals surface area (Å²) in [5, 5.41) is 0. The van der Waals surface area contributed by atoms with Crippen molar-refractivity contribution in [3.8, 4) is 0 Å². The third-order valence-corrected chi connectivity index (χ3v) is 1.99. The number of esters is 1. The summed E-state index contributed by atoms with van der Waals surface area (Å²) in [6, 6.07) is 2.82. The largest absolute Gasteiger partial charge is 0.462 e. The van der Waals surface area contributed by atoms with Crippen LogP contribution >= 0.6 is 0 Å². The van der Waals surface area contributed by atoms with Gasteiger partial charge < -0.3 is 10.2 Å². The predicted octanol–water partition coefficient (Wildman–Crippen LogP) is 2.17. The van der Waals surface area contributed by atoms with Gasteiger partial charge in [-0.15, -0.1) is 0 Å². The summed E-state index contributed by atoms with van der Waals surface area (Å²) in [5.74, 6) is 4.29. The van der Waals surface area contributed by atoms with Crippen molar-refractivity contribution in [1.82, 2.24) is 0 Å². The summed E-state index contributed by atoms with van der Waals surface area (Å²) >= 11 is 0. The number of benzene rings is 1. The Morgan fingerprint density at radius 1 is 1.47 bits per heavy atom. The van der Waals surface area contributed by atoms with Crippen LogP contribution in [0.25, 0.3) is 0 Å². The van der Waals surface area contributed by atoms with Crippen molar-refractivity contribution in [3.63, 3.8) is 0 Å². The van der Waals surface area contributed by atoms with Gasteiger partial charge in [0.25, 0.3) is 0 Å². The highest BCUT2D eigenvalue weighted by Gasteiger charge is 2.33. The molecule has 0 heterocycles. The highest BCUT2D eigenvalue weighted by molar-refractivity contribution is 5.90. The molecule has 0 aromatic heterocycles. The van der Waals surface area contributed by atoms with E-state index in [1.54, 1.807) is 6.92 Å². The fourth-order valence-corrected chi connectivity index (χ4v) is 1.25. The maximum atomic E-state index is 12.5. The molecule has 0 unspecified atom stereocenters. The average molecular weight is 248 g/mol. The molecule has 0 fully saturated rings. The standard InChI is InChI=1S/C10H11F3N2O2/c1-2-17-9(16)6-3-4-7(10(11,12)13)8(5-6)15-14/h3-5,15H,2,14H2,1H3. The number of alkyl halides is 3. The van der Waals surface area contributed by atoms with Gasteiger partial charge in [-0.05, 0) is 25.1 Å². The van der Waals surface area contributed by atoms with Gasteiger partial charge in [-0.1, -0.05) is 0 Å². The second-order valence-electron chi connectivity index (χ2n) is 3.12. The van der Waals surface area contributed by atoms with E-state index < -0.39 is 17.7 Å². The highest BCUT2D eigenvalue weighted by atomic mass is 19.4. The Labute approximate surface area is 95.5 Å². The number of hydrogen-bond acceptors (Lipinski definition) is 4. The van der Waals surface area contributed by atoms with Gasteiger partial charge in [-0.25, -0.2) is 4.79 Å². The number of hydrogen-bond donors (Lipinski definition) is 2. The molecule has 0 aliphatic rings. The zero-order valence-corrected chi connectivity index (χ0v) is 8.97. The zero-order valence-electron chi connectivity index (χ0n) is 8.97. The molecule has 3 N–H and O–H groups in total. The molecule has 0 saturated carbocycles. The first-order valence-electron chi connectivity index (χ1n) is 4.75. The topological polar surface area (TPSA) is 64.3 Å². The number of nitrogen functional groups attached to an aromatic ring is 1. The second kappa shape index (κ2) is 5.05. The van der Waals surface area contributed by atoms with E-state index in [0.717, 1.165) is 18.2 Å². The number of hydrazine groups is 1. The van der Waals surface area contributed by atoms with E-state index in [-0.39, 0.29) is 17.9 Å². The van der Waals surface area contributed by atoms with Crippen LogP contribution in [0.5, 0.6) is 0 Å². The summed E-state index contributed by atoms with van der Waals surface area (Å²) in [5.41, 5.74) is 0.610. The zero-order chi connectivity index (χ0) is 13.1. The Morgan fingerprint density at radius 3 is 2.59 bits per heavy atom. The minimum atomic E-state index is -4.53. The number of carbonyl (C=O) groups excluding carboxylic acids is 1. The Balaban J connectivity index is 3.13. The number of nitrogens with one attached hydrogen (secondary N) is 1. The molecule has 0 saturated heterocycles. The van der Waals surface area contributed by atoms with E-state index in [1.165, 1.54) is 0 Å². The summed E-state index contributed by atoms with van der Waals surface area (Å²) in [6.07, 6.45) is -4.53. The first-order chi connectivity index (χ1) is 7.90. The summed E-state index contributed by atoms with van der Waals surface area (Å²) in [4.78, 5) is 11.3. The number of nitrogens with two attached hydrogens (primary N) is 1. The van der Waals surface area contributed by atoms with Crippen molar-refractivity contribution >= 4 is 11.7 Å². The third kappa shape index (κ3) is 3.10. The molecule has 7 heteroatoms. The van der Waals surface area contributed by atoms with E-state index in [2.05, 4.69) is 4.74 Å². The summed E-state index contributed by atoms with van der Waals surface area (Å²) in [7, 11) is 0. The molecular formula is C10H11F3N2O2. The monoisotopic (exact) mass is 248 g/mol. The maximum absolute atomic E-state index is 12.5. The van der Waals surface area contributed by atoms with Crippen molar-refractivity contribution in [2.24, 2.45) is 5.84 Å². The molecule has 1 rings (SSSR count). The number of carbonyl (C=O) groups is 1. The molecule has 17 heavy (non-hydrogen) atoms. The molecule has 94 valence electrons. The van der Waals surface area contributed by atoms with Crippen molar-refractivity contribution in [3.05, 3.63) is 29.3 Å². The molecule has 0 aliphatic heterocycles. The van der Waals surface area contributed by atoms with Gasteiger partial charge in [-0.2, -0.15) is 13.2 Å². The molecule has 0 amide bonds. The van der Waals surface area contributed by atoms with Crippen molar-refractivity contribution in [2.75, 3.05) is 12.0 Å². The van der Waals surface area contributed by atoms with Gasteiger partial charge in [0.15, 0.2) is 0 Å². The molecule has 4 nitrogen and oxygen atoms in total. The lowest BCUT2D eigenvalue weighted by Crippen LogP contribution is -2.16. The van der Waals surface area contributed by atoms with Gasteiger partial charge in [-0.3, -0.25) is 5.84 Å². The lowest BCUT2D eigenvalue weighted by Gasteiger charge is -2.13. The van der Waals surface area contributed by atoms with E-state index in [0.29, 0.717) is 0 Å². The van der Waals surface area contributed by atoms with Gasteiger partial charge in [0.1, 0.15) is 0 Å². The fourth-order valence-electron chi connectivity index (χ4n) is 1.25. The number of rotatable bonds is 3. The van der Waals surface area contributed by atoms with Crippen LogP contribution in [0.1, 0.15) is 22.8 Å². The first kappa shape index (κ1) is 13.3. The van der Waals surface area contributed by atoms with Crippen molar-refractivity contribution in [1.29, 1.82) is 0 Å². The van der Waals surface area contributed by atoms with E-state index in [9.17, 15) is 18.0 Å². The maximum Gasteiger partial charge on any atom is 0.418 e. The molecule has 1 aromatic rings. The van der Waals surface area contributed by atoms with Gasteiger partial charge >= 0.3 is 12.1 Å². The quantitative estimate of drug-likeness (QED) is 0.489. The van der Waals surface area contributed by atoms with Crippen LogP contribution in [0.3, 0.4) is 0 Å². The van der Waals surface area contributed by atoms with Crippen LogP contribution in [0.4, 0.5) is 18.9 Å². The van der Waals surface area contributed by atoms with Crippen LogP contribution in [0.15, 0.2) is 18.2 Å². The number of ether oxygens (including phenoxy) is 1. The highest BCUT2D eigenvalue weighted by Crippen LogP contribution is 2.34. The lowest BCUT2D eigenvalue weighted by atomic mass is 10.1. The SMILES string of the molecule is CCOC(=O)c1ccc(C(F)(F)F)c(NN)c1. The predicted molar refractivity (Wildman–Crippen MR) is 55.2 cm³/mol. The fraction of sp³-hybridized carbons (Fsp3) is 0.300. The van der Waals surface area contributed by atoms with Crippen molar-refractivity contribution in [2.45, 2.75) is 13.1 Å². The van der Waals surface area contributed by atoms with Crippen LogP contribution in [-0.2, 0) is 10.9 Å². The van der Waals surface area contributed by atoms with E-state index in [1.807, 2.05) is 5.43 Å². The Bertz CT molecular complexity index is 419. The Kier molecular flexibility index (Phi) is 3.95. The van der Waals surface area contributed by atoms with E-state index >= 15 is 0 Å². The van der Waals surface area contributed by atoms with Crippen LogP contribution < -0.4 is 11.3 Å². The average Bonchev–Trinajstić information content (AvgIpc) is 2.27. The van der Waals surface area contributed by atoms with Crippen LogP contribution in [0.2, 0.25) is 0 Å². The number of halogens is 3. The molecule has 1 aromatic carbocycles. The molecule has 0 aliphatic carbocycles. The van der Waals surface area contributed by atoms with Crippen LogP contribution in [0, 0.1) is 0 Å². The lowest BCUT2D eigenvalue weighted by molar-refractivity contribution is -0.137. The normalized spacial score (nSPS) is 11.1. The van der Waals surface area contributed by atoms with E-state index in [4.69, 9.17) is 5.84 Å². The van der Waals surface area contributed by atoms with Gasteiger partial charge in [0, 0.05) is 0 Å². The van der Waals surface area contributed by atoms with Crippen LogP contribution in [-0.4, -0.2) is 12.6 Å². The minimum Gasteiger partial charge on any atom is -0.462 e. The smallest absolute Gasteiger partial charge is 0.418 e. The molecule has 0 radical (unpaired) electrons. The molecular weight excluding hydrogens is 237 g/mol. The van der Waals surface area contributed by atoms with Crippen molar-refractivity contribution < 1.29 is 22.7 Å². The third-order valence-electron chi connectivity index (χ3n) is 1.99. The first-order valence-corrected chi connectivity index (χ1v) is 4.75. The van der Waals surface area contributed by atoms with Gasteiger partial charge in [0.2, 0.25) is 0 Å². The Hall–Kier alpha value is -1.76. The van der Waals surface area contributed by atoms with Gasteiger partial charge in [0.05, 0.1) is 23.4 Å². The summed E-state index contributed by atoms with van der Waals surface area (Å²) in [6.45, 7) is 1.75. The molecule has 0 bridgehead atoms. The Morgan fingerprint density at radius 2 is 2.12 bits per heavy atom.